The van der Waals surface area contributed by atoms with E-state index in [0.717, 1.165) is 0 Å². The number of ether oxygens (including phenoxy) is 1. The van der Waals surface area contributed by atoms with E-state index in [4.69, 9.17) is 27.9 Å². The van der Waals surface area contributed by atoms with Crippen LogP contribution in [0.15, 0.2) is 18.2 Å². The Morgan fingerprint density at radius 1 is 1.26 bits per heavy atom. The Kier molecular flexibility index (Phi) is 6.12. The smallest absolute Gasteiger partial charge is 0.306 e. The monoisotopic (exact) mass is 303 g/mol. The highest BCUT2D eigenvalue weighted by Crippen LogP contribution is 2.22. The lowest BCUT2D eigenvalue weighted by atomic mass is 10.3. The standard InChI is InChI=1S/C13H15Cl2NO3/c1-3-4-12(17)19-8(2)13(18)16-11-6-9(14)5-10(15)7-11/h5-8H,3-4H2,1-2H3,(H,16,18). The van der Waals surface area contributed by atoms with Gasteiger partial charge in [-0.25, -0.2) is 0 Å². The summed E-state index contributed by atoms with van der Waals surface area (Å²) in [7, 11) is 0. The third kappa shape index (κ3) is 5.49. The molecule has 0 bridgehead atoms. The molecule has 1 atom stereocenters. The number of benzene rings is 1. The van der Waals surface area contributed by atoms with Crippen LogP contribution in [0.25, 0.3) is 0 Å². The molecule has 0 aliphatic rings. The number of anilines is 1. The van der Waals surface area contributed by atoms with Crippen molar-refractivity contribution in [2.45, 2.75) is 32.8 Å². The first-order chi connectivity index (χ1) is 8.92. The molecule has 1 N–H and O–H groups in total. The van der Waals surface area contributed by atoms with Gasteiger partial charge in [0.1, 0.15) is 0 Å². The Morgan fingerprint density at radius 3 is 2.37 bits per heavy atom. The molecule has 0 heterocycles. The number of esters is 1. The second kappa shape index (κ2) is 7.36. The lowest BCUT2D eigenvalue weighted by Crippen LogP contribution is -2.29. The van der Waals surface area contributed by atoms with E-state index in [-0.39, 0.29) is 0 Å². The molecule has 4 nitrogen and oxygen atoms in total. The molecule has 0 spiro atoms. The van der Waals surface area contributed by atoms with E-state index in [1.54, 1.807) is 18.2 Å². The van der Waals surface area contributed by atoms with E-state index in [1.807, 2.05) is 6.92 Å². The van der Waals surface area contributed by atoms with Crippen LogP contribution in [0.2, 0.25) is 10.0 Å². The maximum Gasteiger partial charge on any atom is 0.306 e. The first-order valence-electron chi connectivity index (χ1n) is 5.88. The van der Waals surface area contributed by atoms with Crippen LogP contribution in [0.4, 0.5) is 5.69 Å². The van der Waals surface area contributed by atoms with Crippen molar-refractivity contribution >= 4 is 40.8 Å². The molecule has 6 heteroatoms. The molecule has 0 aliphatic heterocycles. The van der Waals surface area contributed by atoms with Crippen LogP contribution in [-0.4, -0.2) is 18.0 Å². The summed E-state index contributed by atoms with van der Waals surface area (Å²) < 4.78 is 4.97. The number of hydrogen-bond donors (Lipinski definition) is 1. The van der Waals surface area contributed by atoms with Crippen molar-refractivity contribution in [3.63, 3.8) is 0 Å². The van der Waals surface area contributed by atoms with Crippen molar-refractivity contribution in [3.05, 3.63) is 28.2 Å². The summed E-state index contributed by atoms with van der Waals surface area (Å²) in [5.41, 5.74) is 0.459. The van der Waals surface area contributed by atoms with Gasteiger partial charge in [0, 0.05) is 22.2 Å². The maximum absolute atomic E-state index is 11.8. The molecule has 0 aromatic heterocycles. The Hall–Kier alpha value is -1.26. The van der Waals surface area contributed by atoms with Gasteiger partial charge in [0.2, 0.25) is 0 Å². The molecule has 19 heavy (non-hydrogen) atoms. The van der Waals surface area contributed by atoms with E-state index in [1.165, 1.54) is 6.92 Å². The fourth-order valence-corrected chi connectivity index (χ4v) is 1.91. The predicted molar refractivity (Wildman–Crippen MR) is 75.6 cm³/mol. The van der Waals surface area contributed by atoms with E-state index in [2.05, 4.69) is 5.32 Å². The Bertz CT molecular complexity index is 457. The molecule has 0 radical (unpaired) electrons. The highest BCUT2D eigenvalue weighted by Gasteiger charge is 2.17. The summed E-state index contributed by atoms with van der Waals surface area (Å²) in [4.78, 5) is 23.1. The van der Waals surface area contributed by atoms with Crippen LogP contribution in [0.3, 0.4) is 0 Å². The first kappa shape index (κ1) is 15.8. The number of amides is 1. The van der Waals surface area contributed by atoms with Crippen molar-refractivity contribution < 1.29 is 14.3 Å². The Labute approximate surface area is 122 Å². The lowest BCUT2D eigenvalue weighted by molar-refractivity contribution is -0.153. The maximum atomic E-state index is 11.8. The van der Waals surface area contributed by atoms with Gasteiger partial charge >= 0.3 is 5.97 Å². The van der Waals surface area contributed by atoms with Gasteiger partial charge in [-0.1, -0.05) is 30.1 Å². The molecular weight excluding hydrogens is 289 g/mol. The van der Waals surface area contributed by atoms with Crippen molar-refractivity contribution in [1.29, 1.82) is 0 Å². The summed E-state index contributed by atoms with van der Waals surface area (Å²) in [6, 6.07) is 4.68. The van der Waals surface area contributed by atoms with Gasteiger partial charge in [0.05, 0.1) is 0 Å². The van der Waals surface area contributed by atoms with Crippen LogP contribution >= 0.6 is 23.2 Å². The second-order valence-corrected chi connectivity index (χ2v) is 4.90. The highest BCUT2D eigenvalue weighted by molar-refractivity contribution is 6.35. The number of rotatable bonds is 5. The number of carbonyl (C=O) groups is 2. The molecule has 1 rings (SSSR count). The number of hydrogen-bond acceptors (Lipinski definition) is 3. The molecular formula is C13H15Cl2NO3. The average Bonchev–Trinajstić information content (AvgIpc) is 2.27. The zero-order valence-electron chi connectivity index (χ0n) is 10.7. The van der Waals surface area contributed by atoms with E-state index in [9.17, 15) is 9.59 Å². The minimum Gasteiger partial charge on any atom is -0.453 e. The predicted octanol–water partition coefficient (Wildman–Crippen LogP) is 3.66. The summed E-state index contributed by atoms with van der Waals surface area (Å²) >= 11 is 11.6. The largest absolute Gasteiger partial charge is 0.453 e. The van der Waals surface area contributed by atoms with Crippen molar-refractivity contribution in [2.75, 3.05) is 5.32 Å². The zero-order chi connectivity index (χ0) is 14.4. The second-order valence-electron chi connectivity index (χ2n) is 4.03. The minimum absolute atomic E-state index is 0.292. The topological polar surface area (TPSA) is 55.4 Å². The van der Waals surface area contributed by atoms with Crippen LogP contribution in [-0.2, 0) is 14.3 Å². The summed E-state index contributed by atoms with van der Waals surface area (Å²) in [6.45, 7) is 3.37. The van der Waals surface area contributed by atoms with Crippen molar-refractivity contribution in [3.8, 4) is 0 Å². The Morgan fingerprint density at radius 2 is 1.84 bits per heavy atom. The van der Waals surface area contributed by atoms with Gasteiger partial charge in [-0.15, -0.1) is 0 Å². The Balaban J connectivity index is 2.61. The number of carbonyl (C=O) groups excluding carboxylic acids is 2. The SMILES string of the molecule is CCCC(=O)OC(C)C(=O)Nc1cc(Cl)cc(Cl)c1. The quantitative estimate of drug-likeness (QED) is 0.845. The van der Waals surface area contributed by atoms with Crippen LogP contribution in [0, 0.1) is 0 Å². The van der Waals surface area contributed by atoms with Crippen LogP contribution < -0.4 is 5.32 Å². The fraction of sp³-hybridized carbons (Fsp3) is 0.385. The first-order valence-corrected chi connectivity index (χ1v) is 6.64. The van der Waals surface area contributed by atoms with Gasteiger partial charge in [-0.2, -0.15) is 0 Å². The van der Waals surface area contributed by atoms with Gasteiger partial charge in [0.25, 0.3) is 5.91 Å². The molecule has 104 valence electrons. The normalized spacial score (nSPS) is 11.8. The highest BCUT2D eigenvalue weighted by atomic mass is 35.5. The van der Waals surface area contributed by atoms with Gasteiger partial charge < -0.3 is 10.1 Å². The summed E-state index contributed by atoms with van der Waals surface area (Å²) in [5.74, 6) is -0.822. The molecule has 0 saturated heterocycles. The molecule has 1 aromatic carbocycles. The molecule has 1 unspecified atom stereocenters. The minimum atomic E-state index is -0.864. The molecule has 1 aromatic rings. The number of nitrogens with one attached hydrogen (secondary N) is 1. The third-order valence-electron chi connectivity index (χ3n) is 2.26. The van der Waals surface area contributed by atoms with Crippen molar-refractivity contribution in [2.24, 2.45) is 0 Å². The lowest BCUT2D eigenvalue weighted by Gasteiger charge is -2.13. The van der Waals surface area contributed by atoms with E-state index >= 15 is 0 Å². The average molecular weight is 304 g/mol. The van der Waals surface area contributed by atoms with Gasteiger partial charge in [-0.05, 0) is 31.5 Å². The molecule has 1 amide bonds. The molecule has 0 fully saturated rings. The van der Waals surface area contributed by atoms with E-state index < -0.39 is 18.0 Å². The van der Waals surface area contributed by atoms with Gasteiger partial charge in [-0.3, -0.25) is 9.59 Å². The van der Waals surface area contributed by atoms with E-state index in [0.29, 0.717) is 28.6 Å². The molecule has 0 aliphatic carbocycles. The summed E-state index contributed by atoms with van der Waals surface area (Å²) in [5, 5.41) is 3.42. The zero-order valence-corrected chi connectivity index (χ0v) is 12.2. The molecule has 0 saturated carbocycles. The number of halogens is 2. The fourth-order valence-electron chi connectivity index (χ4n) is 1.38. The van der Waals surface area contributed by atoms with Crippen LogP contribution in [0.5, 0.6) is 0 Å². The van der Waals surface area contributed by atoms with Gasteiger partial charge in [0.15, 0.2) is 6.10 Å². The van der Waals surface area contributed by atoms with Crippen LogP contribution in [0.1, 0.15) is 26.7 Å². The summed E-state index contributed by atoms with van der Waals surface area (Å²) in [6.07, 6.45) is 0.106. The third-order valence-corrected chi connectivity index (χ3v) is 2.70. The van der Waals surface area contributed by atoms with Crippen molar-refractivity contribution in [1.82, 2.24) is 0 Å².